The topological polar surface area (TPSA) is 84.0 Å². The third kappa shape index (κ3) is 3.32. The van der Waals surface area contributed by atoms with Gasteiger partial charge in [-0.1, -0.05) is 30.4 Å². The van der Waals surface area contributed by atoms with Crippen molar-refractivity contribution in [3.8, 4) is 5.75 Å². The molecule has 35 heavy (non-hydrogen) atoms. The van der Waals surface area contributed by atoms with Gasteiger partial charge in [-0.05, 0) is 67.5 Å². The fourth-order valence-electron chi connectivity index (χ4n) is 6.25. The Balaban J connectivity index is 1.16. The van der Waals surface area contributed by atoms with E-state index in [9.17, 15) is 19.2 Å². The Morgan fingerprint density at radius 1 is 0.886 bits per heavy atom. The summed E-state index contributed by atoms with van der Waals surface area (Å²) in [5.74, 6) is -1.28. The number of hydrogen-bond acceptors (Lipinski definition) is 5. The molecular weight excluding hydrogens is 444 g/mol. The van der Waals surface area contributed by atoms with Crippen molar-refractivity contribution < 1.29 is 23.9 Å². The van der Waals surface area contributed by atoms with E-state index in [0.29, 0.717) is 17.0 Å². The Hall–Kier alpha value is -3.74. The summed E-state index contributed by atoms with van der Waals surface area (Å²) in [6.07, 6.45) is 5.13. The molecule has 2 heterocycles. The fourth-order valence-corrected chi connectivity index (χ4v) is 6.25. The number of carbonyl (C=O) groups excluding carboxylic acids is 4. The maximum atomic E-state index is 13.1. The zero-order chi connectivity index (χ0) is 24.4. The van der Waals surface area contributed by atoms with Gasteiger partial charge in [0.05, 0.1) is 23.4 Å². The van der Waals surface area contributed by atoms with Crippen LogP contribution < -0.4 is 14.5 Å². The molecule has 2 saturated heterocycles. The van der Waals surface area contributed by atoms with E-state index < -0.39 is 11.9 Å². The lowest BCUT2D eigenvalue weighted by Gasteiger charge is -2.20. The highest BCUT2D eigenvalue weighted by molar-refractivity contribution is 6.23. The summed E-state index contributed by atoms with van der Waals surface area (Å²) in [5, 5.41) is 0. The smallest absolute Gasteiger partial charge is 0.316 e. The first kappa shape index (κ1) is 21.8. The summed E-state index contributed by atoms with van der Waals surface area (Å²) in [6.45, 7) is 4.01. The van der Waals surface area contributed by atoms with Crippen LogP contribution in [0.3, 0.4) is 0 Å². The minimum absolute atomic E-state index is 0.0974. The molecule has 2 aromatic carbocycles. The van der Waals surface area contributed by atoms with Crippen LogP contribution in [0, 0.1) is 43.4 Å². The zero-order valence-corrected chi connectivity index (χ0v) is 19.6. The SMILES string of the molecule is Cc1ccccc1N1C[C@H](C(=O)Oc2ccc(N3C(=O)[C@@H]4[C@H](C3=O)[C@H]3C=C[C@H]4C3)c(C)c2)CC1=O. The van der Waals surface area contributed by atoms with Crippen molar-refractivity contribution in [2.75, 3.05) is 16.3 Å². The van der Waals surface area contributed by atoms with Crippen LogP contribution in [0.15, 0.2) is 54.6 Å². The van der Waals surface area contributed by atoms with E-state index in [1.165, 1.54) is 4.90 Å². The number of hydrogen-bond donors (Lipinski definition) is 0. The molecule has 1 saturated carbocycles. The number of rotatable bonds is 4. The van der Waals surface area contributed by atoms with Crippen LogP contribution in [0.1, 0.15) is 24.0 Å². The number of ether oxygens (including phenoxy) is 1. The third-order valence-corrected chi connectivity index (χ3v) is 7.96. The lowest BCUT2D eigenvalue weighted by molar-refractivity contribution is -0.139. The van der Waals surface area contributed by atoms with Crippen LogP contribution in [0.5, 0.6) is 5.75 Å². The predicted molar refractivity (Wildman–Crippen MR) is 129 cm³/mol. The molecule has 0 radical (unpaired) electrons. The van der Waals surface area contributed by atoms with Gasteiger partial charge < -0.3 is 9.64 Å². The molecule has 3 amide bonds. The van der Waals surface area contributed by atoms with Crippen molar-refractivity contribution in [3.05, 3.63) is 65.7 Å². The Labute approximate surface area is 203 Å². The van der Waals surface area contributed by atoms with Gasteiger partial charge in [-0.3, -0.25) is 19.2 Å². The van der Waals surface area contributed by atoms with Crippen LogP contribution in [-0.2, 0) is 19.2 Å². The number of carbonyl (C=O) groups is 4. The van der Waals surface area contributed by atoms with E-state index in [1.54, 1.807) is 30.0 Å². The second-order valence-electron chi connectivity index (χ2n) is 10.1. The molecule has 0 aromatic heterocycles. The number of fused-ring (bicyclic) bond motifs is 5. The van der Waals surface area contributed by atoms with Crippen molar-refractivity contribution >= 4 is 35.1 Å². The minimum Gasteiger partial charge on any atom is -0.426 e. The van der Waals surface area contributed by atoms with E-state index in [2.05, 4.69) is 12.2 Å². The largest absolute Gasteiger partial charge is 0.426 e. The van der Waals surface area contributed by atoms with E-state index in [1.807, 2.05) is 31.2 Å². The molecule has 7 nitrogen and oxygen atoms in total. The summed E-state index contributed by atoms with van der Waals surface area (Å²) in [4.78, 5) is 54.7. The molecular formula is C28H26N2O5. The summed E-state index contributed by atoms with van der Waals surface area (Å²) in [5.41, 5.74) is 3.00. The molecule has 0 unspecified atom stereocenters. The Kier molecular flexibility index (Phi) is 4.91. The molecule has 0 spiro atoms. The zero-order valence-electron chi connectivity index (χ0n) is 19.6. The second kappa shape index (κ2) is 7.90. The average molecular weight is 471 g/mol. The molecule has 7 heteroatoms. The number of amides is 3. The fraction of sp³-hybridized carbons (Fsp3) is 0.357. The number of aryl methyl sites for hydroxylation is 2. The maximum Gasteiger partial charge on any atom is 0.316 e. The third-order valence-electron chi connectivity index (χ3n) is 7.96. The van der Waals surface area contributed by atoms with Gasteiger partial charge in [0.1, 0.15) is 5.75 Å². The first-order valence-electron chi connectivity index (χ1n) is 12.1. The molecule has 6 rings (SSSR count). The first-order valence-corrected chi connectivity index (χ1v) is 12.1. The number of para-hydroxylation sites is 1. The Bertz CT molecular complexity index is 1280. The summed E-state index contributed by atoms with van der Waals surface area (Å²) >= 11 is 0. The lowest BCUT2D eigenvalue weighted by atomic mass is 9.85. The number of nitrogens with zero attached hydrogens (tertiary/aromatic N) is 2. The molecule has 3 fully saturated rings. The number of imide groups is 1. The molecule has 2 aliphatic heterocycles. The standard InChI is InChI=1S/C28H26N2O5/c1-15-5-3-4-6-21(15)29-14-19(13-23(29)31)28(34)35-20-9-10-22(16(2)11-20)30-26(32)24-17-7-8-18(12-17)25(24)27(30)33/h3-11,17-19,24-25H,12-14H2,1-2H3/t17-,18-,19+,24-,25+/m0/s1. The van der Waals surface area contributed by atoms with Crippen molar-refractivity contribution in [3.63, 3.8) is 0 Å². The molecule has 4 aliphatic rings. The van der Waals surface area contributed by atoms with E-state index in [0.717, 1.165) is 17.7 Å². The van der Waals surface area contributed by atoms with Crippen molar-refractivity contribution in [1.29, 1.82) is 0 Å². The normalized spacial score (nSPS) is 28.9. The first-order chi connectivity index (χ1) is 16.8. The molecule has 2 aromatic rings. The number of esters is 1. The second-order valence-corrected chi connectivity index (χ2v) is 10.1. The highest BCUT2D eigenvalue weighted by Crippen LogP contribution is 2.53. The predicted octanol–water partition coefficient (Wildman–Crippen LogP) is 3.57. The van der Waals surface area contributed by atoms with Crippen LogP contribution in [-0.4, -0.2) is 30.2 Å². The van der Waals surface area contributed by atoms with Crippen LogP contribution >= 0.6 is 0 Å². The summed E-state index contributed by atoms with van der Waals surface area (Å²) < 4.78 is 5.62. The Morgan fingerprint density at radius 3 is 2.23 bits per heavy atom. The van der Waals surface area contributed by atoms with Crippen LogP contribution in [0.25, 0.3) is 0 Å². The number of benzene rings is 2. The van der Waals surface area contributed by atoms with Gasteiger partial charge in [0.2, 0.25) is 17.7 Å². The van der Waals surface area contributed by atoms with E-state index >= 15 is 0 Å². The van der Waals surface area contributed by atoms with Crippen LogP contribution in [0.4, 0.5) is 11.4 Å². The highest BCUT2D eigenvalue weighted by Gasteiger charge is 2.59. The van der Waals surface area contributed by atoms with Gasteiger partial charge in [0, 0.05) is 18.7 Å². The minimum atomic E-state index is -0.564. The van der Waals surface area contributed by atoms with Crippen molar-refractivity contribution in [1.82, 2.24) is 0 Å². The molecule has 0 N–H and O–H groups in total. The number of allylic oxidation sites excluding steroid dienone is 2. The molecule has 2 bridgehead atoms. The summed E-state index contributed by atoms with van der Waals surface area (Å²) in [6, 6.07) is 12.5. The van der Waals surface area contributed by atoms with Gasteiger partial charge in [-0.15, -0.1) is 0 Å². The van der Waals surface area contributed by atoms with Crippen molar-refractivity contribution in [2.24, 2.45) is 29.6 Å². The van der Waals surface area contributed by atoms with Gasteiger partial charge in [0.25, 0.3) is 0 Å². The maximum absolute atomic E-state index is 13.1. The number of anilines is 2. The monoisotopic (exact) mass is 470 g/mol. The molecule has 178 valence electrons. The summed E-state index contributed by atoms with van der Waals surface area (Å²) in [7, 11) is 0. The quantitative estimate of drug-likeness (QED) is 0.295. The highest BCUT2D eigenvalue weighted by atomic mass is 16.5. The van der Waals surface area contributed by atoms with Gasteiger partial charge in [-0.25, -0.2) is 4.90 Å². The van der Waals surface area contributed by atoms with Gasteiger partial charge in [-0.2, -0.15) is 0 Å². The average Bonchev–Trinajstić information content (AvgIpc) is 3.59. The Morgan fingerprint density at radius 2 is 1.57 bits per heavy atom. The molecule has 2 aliphatic carbocycles. The van der Waals surface area contributed by atoms with Crippen molar-refractivity contribution in [2.45, 2.75) is 26.7 Å². The van der Waals surface area contributed by atoms with Gasteiger partial charge in [0.15, 0.2) is 0 Å². The van der Waals surface area contributed by atoms with Gasteiger partial charge >= 0.3 is 5.97 Å². The molecule has 5 atom stereocenters. The lowest BCUT2D eigenvalue weighted by Crippen LogP contribution is -2.33. The van der Waals surface area contributed by atoms with E-state index in [4.69, 9.17) is 4.74 Å². The van der Waals surface area contributed by atoms with Crippen LogP contribution in [0.2, 0.25) is 0 Å². The van der Waals surface area contributed by atoms with E-state index in [-0.39, 0.29) is 54.4 Å².